The predicted molar refractivity (Wildman–Crippen MR) is 93.7 cm³/mol. The number of piperazine rings is 1. The summed E-state index contributed by atoms with van der Waals surface area (Å²) < 4.78 is 6.47. The molecule has 2 aromatic rings. The van der Waals surface area contributed by atoms with Crippen molar-refractivity contribution >= 4 is 21.6 Å². The molecular formula is C18H22BrN2O+. The molecule has 0 saturated carbocycles. The maximum Gasteiger partial charge on any atom is 0.120 e. The van der Waals surface area contributed by atoms with Crippen LogP contribution >= 0.6 is 15.9 Å². The largest absolute Gasteiger partial charge is 0.497 e. The van der Waals surface area contributed by atoms with Gasteiger partial charge in [0.1, 0.15) is 12.3 Å². The number of ether oxygens (including phenoxy) is 1. The van der Waals surface area contributed by atoms with E-state index in [1.54, 1.807) is 12.0 Å². The van der Waals surface area contributed by atoms with Crippen molar-refractivity contribution in [3.8, 4) is 5.75 Å². The molecule has 0 aliphatic carbocycles. The van der Waals surface area contributed by atoms with Crippen LogP contribution < -0.4 is 14.5 Å². The molecule has 1 saturated heterocycles. The highest BCUT2D eigenvalue weighted by atomic mass is 79.9. The van der Waals surface area contributed by atoms with Crippen LogP contribution in [0.3, 0.4) is 0 Å². The lowest BCUT2D eigenvalue weighted by atomic mass is 10.2. The monoisotopic (exact) mass is 361 g/mol. The first kappa shape index (κ1) is 15.4. The number of methoxy groups -OCH3 is 1. The van der Waals surface area contributed by atoms with Crippen molar-refractivity contribution in [3.63, 3.8) is 0 Å². The maximum absolute atomic E-state index is 5.32. The highest BCUT2D eigenvalue weighted by Crippen LogP contribution is 2.20. The molecule has 22 heavy (non-hydrogen) atoms. The van der Waals surface area contributed by atoms with E-state index in [2.05, 4.69) is 63.3 Å². The van der Waals surface area contributed by atoms with Crippen LogP contribution in [0, 0.1) is 0 Å². The molecule has 0 amide bonds. The van der Waals surface area contributed by atoms with E-state index in [9.17, 15) is 0 Å². The first-order valence-corrected chi connectivity index (χ1v) is 8.51. The summed E-state index contributed by atoms with van der Waals surface area (Å²) in [6.07, 6.45) is 0. The number of benzene rings is 2. The Labute approximate surface area is 140 Å². The van der Waals surface area contributed by atoms with Crippen LogP contribution in [0.15, 0.2) is 53.0 Å². The van der Waals surface area contributed by atoms with Crippen molar-refractivity contribution in [1.29, 1.82) is 0 Å². The van der Waals surface area contributed by atoms with E-state index in [1.165, 1.54) is 24.3 Å². The summed E-state index contributed by atoms with van der Waals surface area (Å²) in [5.41, 5.74) is 2.68. The molecule has 1 aliphatic heterocycles. The first-order chi connectivity index (χ1) is 10.7. The molecule has 2 aromatic carbocycles. The van der Waals surface area contributed by atoms with Gasteiger partial charge in [0.25, 0.3) is 0 Å². The zero-order valence-electron chi connectivity index (χ0n) is 12.9. The molecule has 3 rings (SSSR count). The number of anilines is 1. The van der Waals surface area contributed by atoms with Crippen LogP contribution in [-0.2, 0) is 6.54 Å². The first-order valence-electron chi connectivity index (χ1n) is 7.71. The van der Waals surface area contributed by atoms with Crippen LogP contribution in [0.4, 0.5) is 5.69 Å². The minimum Gasteiger partial charge on any atom is -0.497 e. The third kappa shape index (κ3) is 3.81. The lowest BCUT2D eigenvalue weighted by Gasteiger charge is -2.33. The van der Waals surface area contributed by atoms with E-state index in [0.29, 0.717) is 0 Å². The van der Waals surface area contributed by atoms with E-state index in [0.717, 1.165) is 29.9 Å². The molecule has 0 aromatic heterocycles. The second-order valence-corrected chi connectivity index (χ2v) is 6.66. The zero-order chi connectivity index (χ0) is 15.4. The average molecular weight is 362 g/mol. The van der Waals surface area contributed by atoms with Crippen molar-refractivity contribution in [2.45, 2.75) is 6.54 Å². The molecule has 1 aliphatic rings. The summed E-state index contributed by atoms with van der Waals surface area (Å²) >= 11 is 3.49. The number of hydrogen-bond donors (Lipinski definition) is 1. The van der Waals surface area contributed by atoms with Crippen LogP contribution in [0.25, 0.3) is 0 Å². The minimum atomic E-state index is 0.933. The molecule has 1 N–H and O–H groups in total. The summed E-state index contributed by atoms with van der Waals surface area (Å²) in [6, 6.07) is 17.0. The van der Waals surface area contributed by atoms with E-state index in [4.69, 9.17) is 4.74 Å². The topological polar surface area (TPSA) is 16.9 Å². The summed E-state index contributed by atoms with van der Waals surface area (Å²) in [6.45, 7) is 5.65. The standard InChI is InChI=1S/C18H21BrN2O/c1-22-18-4-2-3-17(13-18)21-11-9-20(10-12-21)14-15-5-7-16(19)8-6-15/h2-8,13H,9-12,14H2,1H3/p+1. The summed E-state index contributed by atoms with van der Waals surface area (Å²) in [5, 5.41) is 0. The van der Waals surface area contributed by atoms with Crippen molar-refractivity contribution in [2.75, 3.05) is 38.2 Å². The average Bonchev–Trinajstić information content (AvgIpc) is 2.58. The van der Waals surface area contributed by atoms with Crippen LogP contribution in [0.2, 0.25) is 0 Å². The third-order valence-electron chi connectivity index (χ3n) is 4.26. The SMILES string of the molecule is COc1cccc(N2CC[NH+](Cc3ccc(Br)cc3)CC2)c1. The van der Waals surface area contributed by atoms with E-state index < -0.39 is 0 Å². The predicted octanol–water partition coefficient (Wildman–Crippen LogP) is 2.36. The second-order valence-electron chi connectivity index (χ2n) is 5.74. The number of nitrogens with one attached hydrogen (secondary N) is 1. The van der Waals surface area contributed by atoms with Crippen LogP contribution in [0.5, 0.6) is 5.75 Å². The number of nitrogens with zero attached hydrogens (tertiary/aromatic N) is 1. The molecule has 1 fully saturated rings. The Morgan fingerprint density at radius 1 is 1.09 bits per heavy atom. The van der Waals surface area contributed by atoms with Gasteiger partial charge in [0, 0.05) is 21.8 Å². The Hall–Kier alpha value is -1.52. The molecule has 3 nitrogen and oxygen atoms in total. The minimum absolute atomic E-state index is 0.933. The fourth-order valence-corrected chi connectivity index (χ4v) is 3.22. The van der Waals surface area contributed by atoms with Crippen molar-refractivity contribution in [2.24, 2.45) is 0 Å². The number of rotatable bonds is 4. The summed E-state index contributed by atoms with van der Waals surface area (Å²) in [5.74, 6) is 0.933. The normalized spacial score (nSPS) is 15.8. The molecule has 116 valence electrons. The lowest BCUT2D eigenvalue weighted by molar-refractivity contribution is -0.914. The fourth-order valence-electron chi connectivity index (χ4n) is 2.96. The molecule has 0 unspecified atom stereocenters. The summed E-state index contributed by atoms with van der Waals surface area (Å²) in [7, 11) is 1.72. The highest BCUT2D eigenvalue weighted by Gasteiger charge is 2.20. The Kier molecular flexibility index (Phi) is 5.01. The van der Waals surface area contributed by atoms with Crippen molar-refractivity contribution < 1.29 is 9.64 Å². The number of halogens is 1. The van der Waals surface area contributed by atoms with Gasteiger partial charge in [-0.3, -0.25) is 0 Å². The quantitative estimate of drug-likeness (QED) is 0.900. The van der Waals surface area contributed by atoms with Gasteiger partial charge in [0.05, 0.1) is 33.3 Å². The smallest absolute Gasteiger partial charge is 0.120 e. The Bertz CT molecular complexity index is 607. The van der Waals surface area contributed by atoms with Gasteiger partial charge < -0.3 is 14.5 Å². The molecule has 0 radical (unpaired) electrons. The molecule has 1 heterocycles. The maximum atomic E-state index is 5.32. The fraction of sp³-hybridized carbons (Fsp3) is 0.333. The highest BCUT2D eigenvalue weighted by molar-refractivity contribution is 9.10. The second kappa shape index (κ2) is 7.16. The van der Waals surface area contributed by atoms with Crippen molar-refractivity contribution in [3.05, 3.63) is 58.6 Å². The Morgan fingerprint density at radius 3 is 2.50 bits per heavy atom. The number of hydrogen-bond acceptors (Lipinski definition) is 2. The van der Waals surface area contributed by atoms with Gasteiger partial charge in [-0.2, -0.15) is 0 Å². The molecule has 4 heteroatoms. The zero-order valence-corrected chi connectivity index (χ0v) is 14.5. The van der Waals surface area contributed by atoms with Crippen molar-refractivity contribution in [1.82, 2.24) is 0 Å². The van der Waals surface area contributed by atoms with Gasteiger partial charge in [-0.15, -0.1) is 0 Å². The van der Waals surface area contributed by atoms with Gasteiger partial charge in [0.2, 0.25) is 0 Å². The lowest BCUT2D eigenvalue weighted by Crippen LogP contribution is -3.13. The van der Waals surface area contributed by atoms with Crippen LogP contribution in [-0.4, -0.2) is 33.3 Å². The van der Waals surface area contributed by atoms with Gasteiger partial charge in [-0.1, -0.05) is 34.1 Å². The number of quaternary nitrogens is 1. The summed E-state index contributed by atoms with van der Waals surface area (Å²) in [4.78, 5) is 4.11. The molecule has 0 spiro atoms. The molecular weight excluding hydrogens is 340 g/mol. The van der Waals surface area contributed by atoms with E-state index >= 15 is 0 Å². The third-order valence-corrected chi connectivity index (χ3v) is 4.79. The molecule has 0 atom stereocenters. The Morgan fingerprint density at radius 2 is 1.82 bits per heavy atom. The van der Waals surface area contributed by atoms with Crippen LogP contribution in [0.1, 0.15) is 5.56 Å². The van der Waals surface area contributed by atoms with Gasteiger partial charge in [0.15, 0.2) is 0 Å². The molecule has 0 bridgehead atoms. The van der Waals surface area contributed by atoms with Gasteiger partial charge in [-0.25, -0.2) is 0 Å². The van der Waals surface area contributed by atoms with Gasteiger partial charge in [-0.05, 0) is 24.3 Å². The van der Waals surface area contributed by atoms with E-state index in [1.807, 2.05) is 6.07 Å². The van der Waals surface area contributed by atoms with E-state index in [-0.39, 0.29) is 0 Å². The van der Waals surface area contributed by atoms with Gasteiger partial charge >= 0.3 is 0 Å². The Balaban J connectivity index is 1.56.